The number of rotatable bonds is 2. The summed E-state index contributed by atoms with van der Waals surface area (Å²) in [4.78, 5) is 12.5. The minimum atomic E-state index is 0.171. The number of fused-ring (bicyclic) bond motifs is 3. The van der Waals surface area contributed by atoms with Gasteiger partial charge in [0, 0.05) is 23.5 Å². The summed E-state index contributed by atoms with van der Waals surface area (Å²) < 4.78 is 8.22. The molecule has 6 nitrogen and oxygen atoms in total. The molecule has 0 aromatic carbocycles. The Bertz CT molecular complexity index is 1130. The molecule has 0 aliphatic heterocycles. The quantitative estimate of drug-likeness (QED) is 0.569. The van der Waals surface area contributed by atoms with Crippen LogP contribution in [0.3, 0.4) is 0 Å². The van der Waals surface area contributed by atoms with Crippen LogP contribution in [0.1, 0.15) is 37.5 Å². The van der Waals surface area contributed by atoms with E-state index >= 15 is 0 Å². The van der Waals surface area contributed by atoms with E-state index in [4.69, 9.17) is 9.40 Å². The van der Waals surface area contributed by atoms with Gasteiger partial charge in [-0.3, -0.25) is 0 Å². The minimum Gasteiger partial charge on any atom is -0.458 e. The summed E-state index contributed by atoms with van der Waals surface area (Å²) in [5, 5.41) is 10.3. The number of imidazole rings is 1. The van der Waals surface area contributed by atoms with Crippen molar-refractivity contribution in [2.45, 2.75) is 38.6 Å². The standard InChI is InChI=1S/C20H19N5O/c1-12-2-7-17(26-12)20-24-16-11-23-19-15(8-9-22-19)18(16)25(20)14-5-3-13(10-21)4-6-14/h2,7-9,11,13-14H,3-6H2,1H3,(H,22,23). The lowest BCUT2D eigenvalue weighted by atomic mass is 9.86. The molecule has 0 amide bonds. The van der Waals surface area contributed by atoms with E-state index in [-0.39, 0.29) is 5.92 Å². The number of aromatic nitrogens is 4. The first kappa shape index (κ1) is 15.2. The number of furan rings is 1. The van der Waals surface area contributed by atoms with Gasteiger partial charge in [0.15, 0.2) is 11.6 Å². The second-order valence-electron chi connectivity index (χ2n) is 7.08. The highest BCUT2D eigenvalue weighted by Crippen LogP contribution is 2.39. The predicted molar refractivity (Wildman–Crippen MR) is 98.4 cm³/mol. The molecule has 0 saturated heterocycles. The molecule has 1 N–H and O–H groups in total. The molecule has 4 aromatic rings. The van der Waals surface area contributed by atoms with Crippen LogP contribution in [0.2, 0.25) is 0 Å². The average molecular weight is 345 g/mol. The third-order valence-corrected chi connectivity index (χ3v) is 5.44. The molecule has 0 spiro atoms. The maximum absolute atomic E-state index is 9.23. The second kappa shape index (κ2) is 5.73. The normalized spacial score (nSPS) is 20.6. The molecular weight excluding hydrogens is 326 g/mol. The Morgan fingerprint density at radius 1 is 1.23 bits per heavy atom. The zero-order valence-corrected chi connectivity index (χ0v) is 14.6. The van der Waals surface area contributed by atoms with Gasteiger partial charge in [0.2, 0.25) is 0 Å². The van der Waals surface area contributed by atoms with Crippen LogP contribution in [0.4, 0.5) is 0 Å². The van der Waals surface area contributed by atoms with E-state index in [1.807, 2.05) is 31.5 Å². The van der Waals surface area contributed by atoms with Gasteiger partial charge < -0.3 is 14.0 Å². The van der Waals surface area contributed by atoms with Gasteiger partial charge in [-0.25, -0.2) is 9.97 Å². The lowest BCUT2D eigenvalue weighted by Gasteiger charge is -2.27. The molecule has 1 saturated carbocycles. The number of nitriles is 1. The summed E-state index contributed by atoms with van der Waals surface area (Å²) in [6, 6.07) is 8.74. The van der Waals surface area contributed by atoms with E-state index in [1.54, 1.807) is 0 Å². The molecule has 26 heavy (non-hydrogen) atoms. The molecule has 5 rings (SSSR count). The smallest absolute Gasteiger partial charge is 0.177 e. The number of pyridine rings is 1. The Hall–Kier alpha value is -3.07. The van der Waals surface area contributed by atoms with Gasteiger partial charge in [-0.2, -0.15) is 5.26 Å². The number of nitrogens with one attached hydrogen (secondary N) is 1. The highest BCUT2D eigenvalue weighted by atomic mass is 16.3. The summed E-state index contributed by atoms with van der Waals surface area (Å²) in [6.07, 6.45) is 7.55. The Morgan fingerprint density at radius 2 is 2.08 bits per heavy atom. The van der Waals surface area contributed by atoms with Gasteiger partial charge in [0.25, 0.3) is 0 Å². The molecule has 130 valence electrons. The summed E-state index contributed by atoms with van der Waals surface area (Å²) in [7, 11) is 0. The molecule has 4 aromatic heterocycles. The number of aromatic amines is 1. The molecule has 4 heterocycles. The number of H-pyrrole nitrogens is 1. The van der Waals surface area contributed by atoms with Crippen LogP contribution in [0.5, 0.6) is 0 Å². The van der Waals surface area contributed by atoms with Crippen LogP contribution in [0.15, 0.2) is 35.0 Å². The molecule has 0 radical (unpaired) electrons. The van der Waals surface area contributed by atoms with Crippen molar-refractivity contribution in [3.05, 3.63) is 36.4 Å². The topological polar surface area (TPSA) is 83.4 Å². The van der Waals surface area contributed by atoms with Crippen molar-refractivity contribution in [1.82, 2.24) is 19.5 Å². The Kier molecular flexibility index (Phi) is 3.35. The van der Waals surface area contributed by atoms with Crippen molar-refractivity contribution in [3.8, 4) is 17.7 Å². The maximum atomic E-state index is 9.23. The Balaban J connectivity index is 1.75. The largest absolute Gasteiger partial charge is 0.458 e. The predicted octanol–water partition coefficient (Wildman–Crippen LogP) is 4.74. The highest BCUT2D eigenvalue weighted by Gasteiger charge is 2.28. The van der Waals surface area contributed by atoms with Crippen LogP contribution < -0.4 is 0 Å². The average Bonchev–Trinajstić information content (AvgIpc) is 3.38. The molecule has 0 bridgehead atoms. The summed E-state index contributed by atoms with van der Waals surface area (Å²) in [6.45, 7) is 1.94. The van der Waals surface area contributed by atoms with Gasteiger partial charge in [0.1, 0.15) is 16.9 Å². The highest BCUT2D eigenvalue weighted by molar-refractivity contribution is 6.02. The van der Waals surface area contributed by atoms with Crippen molar-refractivity contribution in [2.24, 2.45) is 5.92 Å². The number of nitrogens with zero attached hydrogens (tertiary/aromatic N) is 4. The zero-order valence-electron chi connectivity index (χ0n) is 14.6. The minimum absolute atomic E-state index is 0.171. The van der Waals surface area contributed by atoms with Crippen LogP contribution in [0.25, 0.3) is 33.7 Å². The van der Waals surface area contributed by atoms with E-state index in [0.717, 1.165) is 65.1 Å². The van der Waals surface area contributed by atoms with Gasteiger partial charge in [-0.05, 0) is 50.8 Å². The molecule has 0 unspecified atom stereocenters. The fraction of sp³-hybridized carbons (Fsp3) is 0.350. The fourth-order valence-electron chi connectivity index (χ4n) is 4.14. The van der Waals surface area contributed by atoms with Crippen LogP contribution in [0, 0.1) is 24.2 Å². The van der Waals surface area contributed by atoms with Crippen LogP contribution >= 0.6 is 0 Å². The van der Waals surface area contributed by atoms with Crippen LogP contribution in [-0.2, 0) is 0 Å². The second-order valence-corrected chi connectivity index (χ2v) is 7.08. The first-order chi connectivity index (χ1) is 12.7. The SMILES string of the molecule is Cc1ccc(-c2nc3cnc4[nH]ccc4c3n2C2CCC(C#N)CC2)o1. The van der Waals surface area contributed by atoms with E-state index in [2.05, 4.69) is 26.7 Å². The van der Waals surface area contributed by atoms with Crippen molar-refractivity contribution in [3.63, 3.8) is 0 Å². The van der Waals surface area contributed by atoms with Crippen molar-refractivity contribution in [2.75, 3.05) is 0 Å². The van der Waals surface area contributed by atoms with Gasteiger partial charge in [0.05, 0.1) is 17.8 Å². The number of hydrogen-bond acceptors (Lipinski definition) is 4. The first-order valence-electron chi connectivity index (χ1n) is 9.05. The Labute approximate surface area is 150 Å². The van der Waals surface area contributed by atoms with E-state index in [9.17, 15) is 5.26 Å². The van der Waals surface area contributed by atoms with Gasteiger partial charge in [-0.1, -0.05) is 0 Å². The van der Waals surface area contributed by atoms with E-state index < -0.39 is 0 Å². The third kappa shape index (κ3) is 2.24. The molecule has 1 aliphatic rings. The monoisotopic (exact) mass is 345 g/mol. The third-order valence-electron chi connectivity index (χ3n) is 5.44. The lowest BCUT2D eigenvalue weighted by molar-refractivity contribution is 0.319. The zero-order chi connectivity index (χ0) is 17.7. The van der Waals surface area contributed by atoms with Crippen molar-refractivity contribution < 1.29 is 4.42 Å². The van der Waals surface area contributed by atoms with Gasteiger partial charge in [-0.15, -0.1) is 0 Å². The van der Waals surface area contributed by atoms with Gasteiger partial charge >= 0.3 is 0 Å². The summed E-state index contributed by atoms with van der Waals surface area (Å²) >= 11 is 0. The lowest BCUT2D eigenvalue weighted by Crippen LogP contribution is -2.18. The molecule has 1 fully saturated rings. The van der Waals surface area contributed by atoms with Crippen molar-refractivity contribution in [1.29, 1.82) is 5.26 Å². The number of aryl methyl sites for hydroxylation is 1. The maximum Gasteiger partial charge on any atom is 0.177 e. The summed E-state index contributed by atoms with van der Waals surface area (Å²) in [5.74, 6) is 2.68. The molecular formula is C20H19N5O. The van der Waals surface area contributed by atoms with E-state index in [1.165, 1.54) is 0 Å². The van der Waals surface area contributed by atoms with Crippen LogP contribution in [-0.4, -0.2) is 19.5 Å². The summed E-state index contributed by atoms with van der Waals surface area (Å²) in [5.41, 5.74) is 2.84. The van der Waals surface area contributed by atoms with Crippen molar-refractivity contribution >= 4 is 22.1 Å². The molecule has 6 heteroatoms. The number of hydrogen-bond donors (Lipinski definition) is 1. The fourth-order valence-corrected chi connectivity index (χ4v) is 4.14. The van der Waals surface area contributed by atoms with E-state index in [0.29, 0.717) is 6.04 Å². The first-order valence-corrected chi connectivity index (χ1v) is 9.05. The molecule has 0 atom stereocenters. The molecule has 1 aliphatic carbocycles. The Morgan fingerprint density at radius 3 is 2.81 bits per heavy atom.